The lowest BCUT2D eigenvalue weighted by atomic mass is 9.98. The zero-order chi connectivity index (χ0) is 18.7. The topological polar surface area (TPSA) is 75.4 Å². The van der Waals surface area contributed by atoms with Gasteiger partial charge in [0, 0.05) is 31.6 Å². The van der Waals surface area contributed by atoms with Crippen LogP contribution in [0.15, 0.2) is 28.8 Å². The number of nitrogens with one attached hydrogen (secondary N) is 1. The summed E-state index contributed by atoms with van der Waals surface area (Å²) >= 11 is 0. The summed E-state index contributed by atoms with van der Waals surface area (Å²) in [4.78, 5) is 26.2. The summed E-state index contributed by atoms with van der Waals surface area (Å²) in [6.07, 6.45) is 1.59. The molecule has 26 heavy (non-hydrogen) atoms. The van der Waals surface area contributed by atoms with Crippen molar-refractivity contribution in [1.82, 2.24) is 15.4 Å². The second kappa shape index (κ2) is 7.72. The third-order valence-corrected chi connectivity index (χ3v) is 4.92. The van der Waals surface area contributed by atoms with Gasteiger partial charge in [-0.1, -0.05) is 29.4 Å². The van der Waals surface area contributed by atoms with E-state index in [9.17, 15) is 9.59 Å². The van der Waals surface area contributed by atoms with Gasteiger partial charge >= 0.3 is 0 Å². The van der Waals surface area contributed by atoms with Crippen LogP contribution in [0.1, 0.15) is 53.8 Å². The molecule has 1 aliphatic rings. The van der Waals surface area contributed by atoms with Gasteiger partial charge in [0.25, 0.3) is 0 Å². The molecule has 0 saturated carbocycles. The summed E-state index contributed by atoms with van der Waals surface area (Å²) < 4.78 is 5.15. The largest absolute Gasteiger partial charge is 0.361 e. The molecule has 1 saturated heterocycles. The van der Waals surface area contributed by atoms with Crippen LogP contribution >= 0.6 is 0 Å². The zero-order valence-electron chi connectivity index (χ0n) is 15.5. The van der Waals surface area contributed by atoms with Crippen LogP contribution in [-0.2, 0) is 22.7 Å². The molecule has 1 atom stereocenters. The highest BCUT2D eigenvalue weighted by Crippen LogP contribution is 2.23. The highest BCUT2D eigenvalue weighted by molar-refractivity contribution is 5.83. The van der Waals surface area contributed by atoms with Crippen molar-refractivity contribution < 1.29 is 14.1 Å². The molecular formula is C20H25N3O3. The molecule has 2 amide bonds. The van der Waals surface area contributed by atoms with Gasteiger partial charge in [-0.2, -0.15) is 0 Å². The molecule has 138 valence electrons. The Morgan fingerprint density at radius 3 is 2.77 bits per heavy atom. The van der Waals surface area contributed by atoms with Crippen LogP contribution < -0.4 is 5.32 Å². The number of benzene rings is 1. The Morgan fingerprint density at radius 2 is 2.12 bits per heavy atom. The van der Waals surface area contributed by atoms with Gasteiger partial charge < -0.3 is 14.7 Å². The van der Waals surface area contributed by atoms with E-state index in [-0.39, 0.29) is 17.7 Å². The number of likely N-dealkylation sites (tertiary alicyclic amines) is 1. The summed E-state index contributed by atoms with van der Waals surface area (Å²) in [6.45, 7) is 7.44. The van der Waals surface area contributed by atoms with Crippen molar-refractivity contribution >= 4 is 11.8 Å². The van der Waals surface area contributed by atoms with E-state index in [0.717, 1.165) is 35.3 Å². The Kier molecular flexibility index (Phi) is 5.40. The van der Waals surface area contributed by atoms with Gasteiger partial charge in [0.1, 0.15) is 5.76 Å². The van der Waals surface area contributed by atoms with Crippen LogP contribution in [0.3, 0.4) is 0 Å². The minimum Gasteiger partial charge on any atom is -0.361 e. The number of rotatable bonds is 6. The molecule has 3 rings (SSSR count). The van der Waals surface area contributed by atoms with E-state index in [0.29, 0.717) is 25.3 Å². The van der Waals surface area contributed by atoms with Crippen molar-refractivity contribution in [2.45, 2.75) is 52.6 Å². The Bertz CT molecular complexity index is 793. The van der Waals surface area contributed by atoms with Gasteiger partial charge in [0.05, 0.1) is 11.6 Å². The second-order valence-corrected chi connectivity index (χ2v) is 6.92. The van der Waals surface area contributed by atoms with Crippen molar-refractivity contribution in [3.05, 3.63) is 52.4 Å². The fourth-order valence-electron chi connectivity index (χ4n) is 3.51. The van der Waals surface area contributed by atoms with Crippen LogP contribution in [0.2, 0.25) is 0 Å². The summed E-state index contributed by atoms with van der Waals surface area (Å²) in [5.74, 6) is 0.533. The fourth-order valence-corrected chi connectivity index (χ4v) is 3.51. The molecule has 0 radical (unpaired) electrons. The van der Waals surface area contributed by atoms with E-state index < -0.39 is 0 Å². The smallest absolute Gasteiger partial charge is 0.227 e. The second-order valence-electron chi connectivity index (χ2n) is 6.92. The standard InChI is InChI=1S/C20H25N3O3/c1-13(19-14(2)22-26-15(19)3)20(25)21-11-16-6-4-7-17(10-16)12-23-9-5-8-18(23)24/h4,6-7,10,13H,5,8-9,11-12H2,1-3H3,(H,21,25). The van der Waals surface area contributed by atoms with E-state index in [2.05, 4.69) is 10.5 Å². The van der Waals surface area contributed by atoms with E-state index in [1.807, 2.05) is 49.9 Å². The van der Waals surface area contributed by atoms with Gasteiger partial charge in [-0.15, -0.1) is 0 Å². The summed E-state index contributed by atoms with van der Waals surface area (Å²) in [5, 5.41) is 6.90. The molecule has 1 aromatic carbocycles. The molecule has 2 aromatic rings. The minimum absolute atomic E-state index is 0.0560. The van der Waals surface area contributed by atoms with Crippen molar-refractivity contribution in [3.8, 4) is 0 Å². The lowest BCUT2D eigenvalue weighted by Gasteiger charge is -2.16. The number of aromatic nitrogens is 1. The molecule has 1 aromatic heterocycles. The number of hydrogen-bond acceptors (Lipinski definition) is 4. The zero-order valence-corrected chi connectivity index (χ0v) is 15.5. The minimum atomic E-state index is -0.313. The highest BCUT2D eigenvalue weighted by atomic mass is 16.5. The molecule has 1 aliphatic heterocycles. The van der Waals surface area contributed by atoms with Crippen LogP contribution in [0.25, 0.3) is 0 Å². The van der Waals surface area contributed by atoms with Gasteiger partial charge in [0.2, 0.25) is 11.8 Å². The molecule has 0 bridgehead atoms. The maximum absolute atomic E-state index is 12.5. The van der Waals surface area contributed by atoms with E-state index in [1.165, 1.54) is 0 Å². The molecule has 1 fully saturated rings. The first-order chi connectivity index (χ1) is 12.5. The van der Waals surface area contributed by atoms with E-state index in [1.54, 1.807) is 0 Å². The van der Waals surface area contributed by atoms with E-state index in [4.69, 9.17) is 4.52 Å². The molecule has 0 spiro atoms. The van der Waals surface area contributed by atoms with Gasteiger partial charge in [-0.25, -0.2) is 0 Å². The molecular weight excluding hydrogens is 330 g/mol. The number of amides is 2. The number of aryl methyl sites for hydroxylation is 2. The Hall–Kier alpha value is -2.63. The van der Waals surface area contributed by atoms with Crippen molar-refractivity contribution in [2.24, 2.45) is 0 Å². The third kappa shape index (κ3) is 3.95. The summed E-state index contributed by atoms with van der Waals surface area (Å²) in [7, 11) is 0. The molecule has 1 unspecified atom stereocenters. The average molecular weight is 355 g/mol. The molecule has 1 N–H and O–H groups in total. The lowest BCUT2D eigenvalue weighted by Crippen LogP contribution is -2.28. The van der Waals surface area contributed by atoms with Crippen LogP contribution in [0.5, 0.6) is 0 Å². The fraction of sp³-hybridized carbons (Fsp3) is 0.450. The first-order valence-electron chi connectivity index (χ1n) is 9.01. The highest BCUT2D eigenvalue weighted by Gasteiger charge is 2.23. The number of hydrogen-bond donors (Lipinski definition) is 1. The number of carbonyl (C=O) groups is 2. The molecule has 6 heteroatoms. The Morgan fingerprint density at radius 1 is 1.35 bits per heavy atom. The maximum atomic E-state index is 12.5. The van der Waals surface area contributed by atoms with Crippen LogP contribution in [0.4, 0.5) is 0 Å². The maximum Gasteiger partial charge on any atom is 0.227 e. The van der Waals surface area contributed by atoms with Gasteiger partial charge in [-0.3, -0.25) is 9.59 Å². The summed E-state index contributed by atoms with van der Waals surface area (Å²) in [6, 6.07) is 8.01. The van der Waals surface area contributed by atoms with E-state index >= 15 is 0 Å². The third-order valence-electron chi connectivity index (χ3n) is 4.92. The first-order valence-corrected chi connectivity index (χ1v) is 9.01. The Balaban J connectivity index is 1.60. The van der Waals surface area contributed by atoms with Crippen molar-refractivity contribution in [2.75, 3.05) is 6.54 Å². The summed E-state index contributed by atoms with van der Waals surface area (Å²) in [5.41, 5.74) is 3.71. The predicted octanol–water partition coefficient (Wildman–Crippen LogP) is 2.83. The first kappa shape index (κ1) is 18.2. The number of carbonyl (C=O) groups excluding carboxylic acids is 2. The molecule has 6 nitrogen and oxygen atoms in total. The normalized spacial score (nSPS) is 15.3. The van der Waals surface area contributed by atoms with Gasteiger partial charge in [0.15, 0.2) is 0 Å². The molecule has 2 heterocycles. The number of nitrogens with zero attached hydrogens (tertiary/aromatic N) is 2. The van der Waals surface area contributed by atoms with Gasteiger partial charge in [-0.05, 0) is 38.3 Å². The predicted molar refractivity (Wildman–Crippen MR) is 97.3 cm³/mol. The SMILES string of the molecule is Cc1noc(C)c1C(C)C(=O)NCc1cccc(CN2CCCC2=O)c1. The quantitative estimate of drug-likeness (QED) is 0.864. The molecule has 0 aliphatic carbocycles. The van der Waals surface area contributed by atoms with Crippen LogP contribution in [-0.4, -0.2) is 28.4 Å². The average Bonchev–Trinajstić information content (AvgIpc) is 3.18. The van der Waals surface area contributed by atoms with Crippen molar-refractivity contribution in [1.29, 1.82) is 0 Å². The van der Waals surface area contributed by atoms with Crippen LogP contribution in [0, 0.1) is 13.8 Å². The monoisotopic (exact) mass is 355 g/mol. The van der Waals surface area contributed by atoms with Crippen molar-refractivity contribution in [3.63, 3.8) is 0 Å². The lowest BCUT2D eigenvalue weighted by molar-refractivity contribution is -0.128. The Labute approximate surface area is 153 Å².